The lowest BCUT2D eigenvalue weighted by Crippen LogP contribution is -2.44. The van der Waals surface area contributed by atoms with Crippen molar-refractivity contribution in [3.8, 4) is 0 Å². The third-order valence-corrected chi connectivity index (χ3v) is 6.13. The van der Waals surface area contributed by atoms with E-state index in [0.717, 1.165) is 12.1 Å². The molecule has 146 valence electrons. The van der Waals surface area contributed by atoms with Gasteiger partial charge in [-0.05, 0) is 38.3 Å². The number of piperidine rings is 1. The zero-order chi connectivity index (χ0) is 19.3. The largest absolute Gasteiger partial charge is 0.475 e. The van der Waals surface area contributed by atoms with E-state index in [4.69, 9.17) is 14.3 Å². The van der Waals surface area contributed by atoms with Gasteiger partial charge in [0.2, 0.25) is 16.8 Å². The van der Waals surface area contributed by atoms with Crippen LogP contribution < -0.4 is 5.32 Å². The van der Waals surface area contributed by atoms with E-state index in [0.29, 0.717) is 25.9 Å². The minimum atomic E-state index is -3.90. The summed E-state index contributed by atoms with van der Waals surface area (Å²) in [7, 11) is -2.30. The number of carbonyl (C=O) groups excluding carboxylic acids is 1. The van der Waals surface area contributed by atoms with E-state index in [1.54, 1.807) is 7.11 Å². The Morgan fingerprint density at radius 2 is 2.04 bits per heavy atom. The highest BCUT2D eigenvalue weighted by Crippen LogP contribution is 2.25. The van der Waals surface area contributed by atoms with Crippen LogP contribution in [0.5, 0.6) is 0 Å². The predicted molar refractivity (Wildman–Crippen MR) is 91.2 cm³/mol. The normalized spacial score (nSPS) is 17.8. The van der Waals surface area contributed by atoms with Crippen LogP contribution in [-0.4, -0.2) is 62.6 Å². The fourth-order valence-electron chi connectivity index (χ4n) is 2.79. The second kappa shape index (κ2) is 8.65. The molecular weight excluding hydrogens is 364 g/mol. The number of aromatic carboxylic acids is 1. The smallest absolute Gasteiger partial charge is 0.371 e. The molecule has 1 aliphatic heterocycles. The molecule has 0 radical (unpaired) electrons. The number of nitrogens with one attached hydrogen (secondary N) is 1. The molecule has 0 aliphatic carbocycles. The van der Waals surface area contributed by atoms with E-state index < -0.39 is 26.8 Å². The Labute approximate surface area is 152 Å². The summed E-state index contributed by atoms with van der Waals surface area (Å²) in [6.45, 7) is 2.80. The highest BCUT2D eigenvalue weighted by Gasteiger charge is 2.34. The number of amides is 1. The van der Waals surface area contributed by atoms with Crippen LogP contribution in [0.4, 0.5) is 0 Å². The Hall–Kier alpha value is -1.91. The highest BCUT2D eigenvalue weighted by molar-refractivity contribution is 7.89. The van der Waals surface area contributed by atoms with Crippen LogP contribution in [0.2, 0.25) is 0 Å². The molecule has 9 nitrogen and oxygen atoms in total. The van der Waals surface area contributed by atoms with Gasteiger partial charge in [0, 0.05) is 38.8 Å². The van der Waals surface area contributed by atoms with Crippen molar-refractivity contribution in [2.45, 2.75) is 37.3 Å². The Bertz CT molecular complexity index is 736. The lowest BCUT2D eigenvalue weighted by molar-refractivity contribution is -0.126. The number of carboxylic acids is 1. The third kappa shape index (κ3) is 4.83. The maximum Gasteiger partial charge on any atom is 0.371 e. The average Bonchev–Trinajstić information content (AvgIpc) is 3.11. The molecule has 0 aromatic carbocycles. The first-order chi connectivity index (χ1) is 12.3. The fraction of sp³-hybridized carbons (Fsp3) is 0.625. The van der Waals surface area contributed by atoms with Gasteiger partial charge in [-0.2, -0.15) is 4.31 Å². The van der Waals surface area contributed by atoms with E-state index in [1.165, 1.54) is 4.31 Å². The Morgan fingerprint density at radius 3 is 2.58 bits per heavy atom. The lowest BCUT2D eigenvalue weighted by atomic mass is 9.97. The Morgan fingerprint density at radius 1 is 1.38 bits per heavy atom. The first-order valence-electron chi connectivity index (χ1n) is 8.38. The molecule has 1 unspecified atom stereocenters. The monoisotopic (exact) mass is 388 g/mol. The van der Waals surface area contributed by atoms with Gasteiger partial charge in [0.05, 0.1) is 0 Å². The maximum absolute atomic E-state index is 12.5. The zero-order valence-corrected chi connectivity index (χ0v) is 15.6. The third-order valence-electron chi connectivity index (χ3n) is 4.35. The first-order valence-corrected chi connectivity index (χ1v) is 9.82. The molecule has 1 aromatic rings. The van der Waals surface area contributed by atoms with Crippen LogP contribution in [0.25, 0.3) is 0 Å². The fourth-order valence-corrected chi connectivity index (χ4v) is 4.17. The Kier molecular flexibility index (Phi) is 6.79. The molecule has 0 saturated carbocycles. The minimum absolute atomic E-state index is 0.0122. The Balaban J connectivity index is 1.92. The van der Waals surface area contributed by atoms with E-state index in [2.05, 4.69) is 5.32 Å². The molecule has 2 heterocycles. The van der Waals surface area contributed by atoms with E-state index in [9.17, 15) is 18.0 Å². The minimum Gasteiger partial charge on any atom is -0.475 e. The number of nitrogens with zero attached hydrogens (tertiary/aromatic N) is 1. The molecule has 2 N–H and O–H groups in total. The van der Waals surface area contributed by atoms with Crippen molar-refractivity contribution in [1.29, 1.82) is 0 Å². The predicted octanol–water partition coefficient (Wildman–Crippen LogP) is 0.920. The highest BCUT2D eigenvalue weighted by atomic mass is 32.2. The molecule has 1 atom stereocenters. The molecule has 1 amide bonds. The topological polar surface area (TPSA) is 126 Å². The number of carbonyl (C=O) groups is 2. The molecule has 1 saturated heterocycles. The zero-order valence-electron chi connectivity index (χ0n) is 14.8. The van der Waals surface area contributed by atoms with Gasteiger partial charge < -0.3 is 19.6 Å². The molecule has 10 heteroatoms. The summed E-state index contributed by atoms with van der Waals surface area (Å²) < 4.78 is 36.1. The quantitative estimate of drug-likeness (QED) is 0.678. The second-order valence-corrected chi connectivity index (χ2v) is 8.16. The molecular formula is C16H24N2O7S. The molecule has 1 fully saturated rings. The molecule has 0 spiro atoms. The van der Waals surface area contributed by atoms with Gasteiger partial charge in [0.1, 0.15) is 0 Å². The summed E-state index contributed by atoms with van der Waals surface area (Å²) in [5, 5.41) is 11.4. The van der Waals surface area contributed by atoms with Crippen LogP contribution >= 0.6 is 0 Å². The van der Waals surface area contributed by atoms with Gasteiger partial charge in [-0.25, -0.2) is 13.2 Å². The van der Waals surface area contributed by atoms with Crippen molar-refractivity contribution in [3.05, 3.63) is 17.9 Å². The van der Waals surface area contributed by atoms with Crippen molar-refractivity contribution < 1.29 is 32.3 Å². The van der Waals surface area contributed by atoms with Gasteiger partial charge in [-0.1, -0.05) is 0 Å². The molecule has 2 rings (SSSR count). The summed E-state index contributed by atoms with van der Waals surface area (Å²) in [4.78, 5) is 23.1. The van der Waals surface area contributed by atoms with E-state index in [-0.39, 0.29) is 31.0 Å². The van der Waals surface area contributed by atoms with Crippen LogP contribution in [0, 0.1) is 5.92 Å². The number of hydrogen-bond donors (Lipinski definition) is 2. The van der Waals surface area contributed by atoms with Crippen molar-refractivity contribution in [3.63, 3.8) is 0 Å². The number of sulfonamides is 1. The van der Waals surface area contributed by atoms with Gasteiger partial charge in [-0.15, -0.1) is 0 Å². The van der Waals surface area contributed by atoms with Crippen LogP contribution in [0.1, 0.15) is 36.7 Å². The van der Waals surface area contributed by atoms with Crippen LogP contribution in [0.3, 0.4) is 0 Å². The van der Waals surface area contributed by atoms with Crippen LogP contribution in [0.15, 0.2) is 21.6 Å². The standard InChI is InChI=1S/C16H24N2O7S/c1-11(7-10-24-2)17-15(19)12-5-8-18(9-6-12)26(22,23)14-4-3-13(25-14)16(20)21/h3-4,11-12H,5-10H2,1-2H3,(H,17,19)(H,20,21). The maximum atomic E-state index is 12.5. The van der Waals surface area contributed by atoms with E-state index >= 15 is 0 Å². The number of methoxy groups -OCH3 is 1. The number of ether oxygens (including phenoxy) is 1. The van der Waals surface area contributed by atoms with Gasteiger partial charge >= 0.3 is 5.97 Å². The van der Waals surface area contributed by atoms with Crippen molar-refractivity contribution in [1.82, 2.24) is 9.62 Å². The number of rotatable bonds is 8. The number of furan rings is 1. The molecule has 26 heavy (non-hydrogen) atoms. The number of carboxylic acid groups (broad SMARTS) is 1. The summed E-state index contributed by atoms with van der Waals surface area (Å²) in [5.74, 6) is -2.10. The summed E-state index contributed by atoms with van der Waals surface area (Å²) >= 11 is 0. The summed E-state index contributed by atoms with van der Waals surface area (Å²) in [5.41, 5.74) is 0. The van der Waals surface area contributed by atoms with Crippen LogP contribution in [-0.2, 0) is 19.6 Å². The SMILES string of the molecule is COCCC(C)NC(=O)C1CCN(S(=O)(=O)c2ccc(C(=O)O)o2)CC1. The van der Waals surface area contributed by atoms with Gasteiger partial charge in [-0.3, -0.25) is 4.79 Å². The van der Waals surface area contributed by atoms with Crippen molar-refractivity contribution in [2.24, 2.45) is 5.92 Å². The molecule has 0 bridgehead atoms. The van der Waals surface area contributed by atoms with Gasteiger partial charge in [0.15, 0.2) is 0 Å². The van der Waals surface area contributed by atoms with Crippen molar-refractivity contribution >= 4 is 21.9 Å². The van der Waals surface area contributed by atoms with Gasteiger partial charge in [0.25, 0.3) is 10.0 Å². The molecule has 1 aromatic heterocycles. The number of hydrogen-bond acceptors (Lipinski definition) is 6. The molecule has 1 aliphatic rings. The summed E-state index contributed by atoms with van der Waals surface area (Å²) in [6, 6.07) is 2.23. The second-order valence-electron chi connectivity index (χ2n) is 6.29. The van der Waals surface area contributed by atoms with E-state index in [1.807, 2.05) is 6.92 Å². The lowest BCUT2D eigenvalue weighted by Gasteiger charge is -2.30. The van der Waals surface area contributed by atoms with Crippen molar-refractivity contribution in [2.75, 3.05) is 26.8 Å². The first kappa shape index (κ1) is 20.4. The average molecular weight is 388 g/mol. The summed E-state index contributed by atoms with van der Waals surface area (Å²) in [6.07, 6.45) is 1.50.